The van der Waals surface area contributed by atoms with Crippen molar-refractivity contribution in [1.29, 1.82) is 0 Å². The lowest BCUT2D eigenvalue weighted by molar-refractivity contribution is 0.0713. The van der Waals surface area contributed by atoms with Gasteiger partial charge in [0.25, 0.3) is 5.91 Å². The molecule has 1 aliphatic rings. The lowest BCUT2D eigenvalue weighted by atomic mass is 10.2. The quantitative estimate of drug-likeness (QED) is 0.444. The van der Waals surface area contributed by atoms with Gasteiger partial charge in [0, 0.05) is 31.7 Å². The van der Waals surface area contributed by atoms with Gasteiger partial charge in [-0.25, -0.2) is 18.4 Å². The summed E-state index contributed by atoms with van der Waals surface area (Å²) in [7, 11) is -3.58. The summed E-state index contributed by atoms with van der Waals surface area (Å²) < 4.78 is 30.9. The van der Waals surface area contributed by atoms with Crippen LogP contribution in [0.3, 0.4) is 0 Å². The summed E-state index contributed by atoms with van der Waals surface area (Å²) in [6.45, 7) is 2.21. The van der Waals surface area contributed by atoms with Crippen molar-refractivity contribution in [3.05, 3.63) is 71.8 Å². The third kappa shape index (κ3) is 3.87. The molecule has 1 amide bonds. The Hall–Kier alpha value is -3.24. The highest BCUT2D eigenvalue weighted by atomic mass is 32.2. The van der Waals surface area contributed by atoms with Gasteiger partial charge in [0.05, 0.1) is 22.3 Å². The first-order valence-electron chi connectivity index (χ1n) is 10.1. The van der Waals surface area contributed by atoms with Crippen LogP contribution in [-0.2, 0) is 15.6 Å². The van der Waals surface area contributed by atoms with E-state index in [9.17, 15) is 13.2 Å². The highest BCUT2D eigenvalue weighted by molar-refractivity contribution is 7.90. The predicted molar refractivity (Wildman–Crippen MR) is 122 cm³/mol. The van der Waals surface area contributed by atoms with E-state index in [1.165, 1.54) is 6.26 Å². The van der Waals surface area contributed by atoms with Crippen LogP contribution in [0.4, 0.5) is 5.82 Å². The summed E-state index contributed by atoms with van der Waals surface area (Å²) in [5.74, 6) is 0.374. The Kier molecular flexibility index (Phi) is 5.40. The number of sulfone groups is 1. The number of piperazine rings is 1. The lowest BCUT2D eigenvalue weighted by Crippen LogP contribution is -2.49. The van der Waals surface area contributed by atoms with Crippen LogP contribution in [-0.4, -0.2) is 55.4 Å². The van der Waals surface area contributed by atoms with Gasteiger partial charge in [-0.05, 0) is 29.6 Å². The van der Waals surface area contributed by atoms with E-state index in [2.05, 4.69) is 14.9 Å². The SMILES string of the molecule is O=C(c1occc1CS(=O)(=O)c1ccccc1)N1CCN(c2ncnc3sccc23)CC1. The molecule has 1 saturated heterocycles. The molecule has 10 heteroatoms. The molecule has 1 aromatic carbocycles. The smallest absolute Gasteiger partial charge is 0.289 e. The molecule has 5 rings (SSSR count). The summed E-state index contributed by atoms with van der Waals surface area (Å²) in [4.78, 5) is 26.8. The molecule has 8 nitrogen and oxygen atoms in total. The molecule has 4 heterocycles. The highest BCUT2D eigenvalue weighted by Gasteiger charge is 2.29. The molecule has 0 unspecified atom stereocenters. The zero-order valence-electron chi connectivity index (χ0n) is 17.0. The molecule has 0 radical (unpaired) electrons. The first-order chi connectivity index (χ1) is 15.5. The fourth-order valence-corrected chi connectivity index (χ4v) is 5.95. The maximum Gasteiger partial charge on any atom is 0.289 e. The normalized spacial score (nSPS) is 14.8. The van der Waals surface area contributed by atoms with Crippen LogP contribution in [0.1, 0.15) is 16.1 Å². The van der Waals surface area contributed by atoms with Gasteiger partial charge in [0.1, 0.15) is 17.0 Å². The van der Waals surface area contributed by atoms with Crippen LogP contribution >= 0.6 is 11.3 Å². The molecule has 1 aliphatic heterocycles. The number of anilines is 1. The topological polar surface area (TPSA) is 96.6 Å². The van der Waals surface area contributed by atoms with Crippen LogP contribution in [0.2, 0.25) is 0 Å². The van der Waals surface area contributed by atoms with Crippen molar-refractivity contribution in [3.8, 4) is 0 Å². The average Bonchev–Trinajstić information content (AvgIpc) is 3.48. The molecule has 0 atom stereocenters. The standard InChI is InChI=1S/C22H20N4O4S2/c27-22(19-16(6-12-30-19)14-32(28,29)17-4-2-1-3-5-17)26-10-8-25(9-11-26)20-18-7-13-31-21(18)24-15-23-20/h1-7,12-13,15H,8-11,14H2. The number of rotatable bonds is 5. The molecule has 164 valence electrons. The van der Waals surface area contributed by atoms with E-state index < -0.39 is 9.84 Å². The number of thiophene rings is 1. The van der Waals surface area contributed by atoms with Crippen molar-refractivity contribution in [2.45, 2.75) is 10.6 Å². The predicted octanol–water partition coefficient (Wildman–Crippen LogP) is 3.22. The molecular formula is C22H20N4O4S2. The summed E-state index contributed by atoms with van der Waals surface area (Å²) in [6, 6.07) is 11.8. The Bertz CT molecular complexity index is 1360. The molecule has 4 aromatic rings. The van der Waals surface area contributed by atoms with Gasteiger partial charge >= 0.3 is 0 Å². The fraction of sp³-hybridized carbons (Fsp3) is 0.227. The fourth-order valence-electron chi connectivity index (χ4n) is 3.85. The minimum atomic E-state index is -3.58. The molecule has 32 heavy (non-hydrogen) atoms. The largest absolute Gasteiger partial charge is 0.459 e. The van der Waals surface area contributed by atoms with Gasteiger partial charge in [-0.3, -0.25) is 4.79 Å². The first-order valence-corrected chi connectivity index (χ1v) is 12.6. The van der Waals surface area contributed by atoms with Crippen molar-refractivity contribution in [2.75, 3.05) is 31.1 Å². The highest BCUT2D eigenvalue weighted by Crippen LogP contribution is 2.28. The van der Waals surface area contributed by atoms with Gasteiger partial charge in [-0.1, -0.05) is 18.2 Å². The van der Waals surface area contributed by atoms with Crippen LogP contribution in [0.5, 0.6) is 0 Å². The second-order valence-corrected chi connectivity index (χ2v) is 10.3. The zero-order chi connectivity index (χ0) is 22.1. The number of fused-ring (bicyclic) bond motifs is 1. The van der Waals surface area contributed by atoms with Gasteiger partial charge in [0.2, 0.25) is 0 Å². The van der Waals surface area contributed by atoms with Crippen LogP contribution in [0, 0.1) is 0 Å². The van der Waals surface area contributed by atoms with Crippen molar-refractivity contribution < 1.29 is 17.6 Å². The summed E-state index contributed by atoms with van der Waals surface area (Å²) >= 11 is 1.57. The number of carbonyl (C=O) groups is 1. The van der Waals surface area contributed by atoms with Gasteiger partial charge in [-0.15, -0.1) is 11.3 Å². The Morgan fingerprint density at radius 2 is 1.81 bits per heavy atom. The van der Waals surface area contributed by atoms with Gasteiger partial charge in [0.15, 0.2) is 15.6 Å². The summed E-state index contributed by atoms with van der Waals surface area (Å²) in [5, 5.41) is 3.00. The number of benzene rings is 1. The van der Waals surface area contributed by atoms with E-state index in [4.69, 9.17) is 4.42 Å². The Morgan fingerprint density at radius 3 is 2.59 bits per heavy atom. The second kappa shape index (κ2) is 8.36. The Labute approximate surface area is 189 Å². The summed E-state index contributed by atoms with van der Waals surface area (Å²) in [6.07, 6.45) is 2.93. The number of hydrogen-bond donors (Lipinski definition) is 0. The minimum absolute atomic E-state index is 0.0835. The average molecular weight is 469 g/mol. The molecule has 0 spiro atoms. The molecule has 1 fully saturated rings. The van der Waals surface area contributed by atoms with Gasteiger partial charge in [-0.2, -0.15) is 0 Å². The third-order valence-corrected chi connectivity index (χ3v) is 8.00. The van der Waals surface area contributed by atoms with Crippen molar-refractivity contribution >= 4 is 43.1 Å². The number of hydrogen-bond acceptors (Lipinski definition) is 8. The van der Waals surface area contributed by atoms with E-state index in [1.807, 2.05) is 11.4 Å². The van der Waals surface area contributed by atoms with Gasteiger partial charge < -0.3 is 14.2 Å². The monoisotopic (exact) mass is 468 g/mol. The molecule has 0 N–H and O–H groups in total. The molecule has 3 aromatic heterocycles. The number of amides is 1. The maximum atomic E-state index is 13.1. The minimum Gasteiger partial charge on any atom is -0.459 e. The molecular weight excluding hydrogens is 448 g/mol. The van der Waals surface area contributed by atoms with Crippen LogP contribution < -0.4 is 4.90 Å². The third-order valence-electron chi connectivity index (χ3n) is 5.50. The van der Waals surface area contributed by atoms with Crippen LogP contribution in [0.25, 0.3) is 10.2 Å². The molecule has 0 aliphatic carbocycles. The first kappa shape index (κ1) is 20.7. The number of carbonyl (C=O) groups excluding carboxylic acids is 1. The van der Waals surface area contributed by atoms with Crippen LogP contribution in [0.15, 0.2) is 69.7 Å². The summed E-state index contributed by atoms with van der Waals surface area (Å²) in [5.41, 5.74) is 0.372. The van der Waals surface area contributed by atoms with E-state index in [1.54, 1.807) is 59.0 Å². The van der Waals surface area contributed by atoms with E-state index in [0.29, 0.717) is 31.7 Å². The Morgan fingerprint density at radius 1 is 1.03 bits per heavy atom. The molecule has 0 bridgehead atoms. The maximum absolute atomic E-state index is 13.1. The Balaban J connectivity index is 1.30. The number of aromatic nitrogens is 2. The number of furan rings is 1. The lowest BCUT2D eigenvalue weighted by Gasteiger charge is -2.35. The van der Waals surface area contributed by atoms with E-state index in [-0.39, 0.29) is 22.3 Å². The van der Waals surface area contributed by atoms with E-state index in [0.717, 1.165) is 16.0 Å². The molecule has 0 saturated carbocycles. The number of nitrogens with zero attached hydrogens (tertiary/aromatic N) is 4. The van der Waals surface area contributed by atoms with Crippen molar-refractivity contribution in [1.82, 2.24) is 14.9 Å². The van der Waals surface area contributed by atoms with E-state index >= 15 is 0 Å². The zero-order valence-corrected chi connectivity index (χ0v) is 18.7. The second-order valence-electron chi connectivity index (χ2n) is 7.46. The van der Waals surface area contributed by atoms with Crippen molar-refractivity contribution in [2.24, 2.45) is 0 Å². The van der Waals surface area contributed by atoms with Crippen molar-refractivity contribution in [3.63, 3.8) is 0 Å².